The lowest BCUT2D eigenvalue weighted by Crippen LogP contribution is -2.41. The predicted octanol–water partition coefficient (Wildman–Crippen LogP) is 0.701. The molecular weight excluding hydrogens is 250 g/mol. The lowest BCUT2D eigenvalue weighted by molar-refractivity contribution is -0.155. The average Bonchev–Trinajstić information content (AvgIpc) is 2.21. The highest BCUT2D eigenvalue weighted by atomic mass is 16.6. The Balaban J connectivity index is 4.31. The molecule has 106 valence electrons. The van der Waals surface area contributed by atoms with Crippen molar-refractivity contribution < 1.29 is 24.2 Å². The molecule has 0 spiro atoms. The normalized spacial score (nSPS) is 12.1. The third-order valence-electron chi connectivity index (χ3n) is 1.95. The molecule has 6 nitrogen and oxygen atoms in total. The van der Waals surface area contributed by atoms with Gasteiger partial charge in [-0.15, -0.1) is 6.42 Å². The molecule has 0 radical (unpaired) electrons. The minimum absolute atomic E-state index is 0.0411. The second kappa shape index (κ2) is 7.41. The SMILES string of the molecule is C#CCC(=O)N[C@H](CCC(=O)OC(C)(C)C)C(=O)O. The van der Waals surface area contributed by atoms with E-state index in [0.717, 1.165) is 0 Å². The van der Waals surface area contributed by atoms with E-state index in [9.17, 15) is 14.4 Å². The summed E-state index contributed by atoms with van der Waals surface area (Å²) in [5.74, 6) is -0.169. The lowest BCUT2D eigenvalue weighted by atomic mass is 10.1. The molecule has 0 heterocycles. The van der Waals surface area contributed by atoms with Crippen molar-refractivity contribution in [2.45, 2.75) is 51.7 Å². The van der Waals surface area contributed by atoms with Crippen LogP contribution in [-0.4, -0.2) is 34.6 Å². The third-order valence-corrected chi connectivity index (χ3v) is 1.95. The zero-order chi connectivity index (χ0) is 15.1. The maximum atomic E-state index is 11.4. The Morgan fingerprint density at radius 3 is 2.37 bits per heavy atom. The lowest BCUT2D eigenvalue weighted by Gasteiger charge is -2.20. The van der Waals surface area contributed by atoms with Gasteiger partial charge >= 0.3 is 11.9 Å². The summed E-state index contributed by atoms with van der Waals surface area (Å²) in [6.45, 7) is 5.15. The monoisotopic (exact) mass is 269 g/mol. The molecule has 0 aliphatic carbocycles. The maximum Gasteiger partial charge on any atom is 0.326 e. The van der Waals surface area contributed by atoms with Crippen LogP contribution in [0, 0.1) is 12.3 Å². The second-order valence-electron chi connectivity index (χ2n) is 4.96. The number of hydrogen-bond donors (Lipinski definition) is 2. The number of rotatable bonds is 6. The molecule has 0 aliphatic heterocycles. The Morgan fingerprint density at radius 2 is 1.95 bits per heavy atom. The topological polar surface area (TPSA) is 92.7 Å². The van der Waals surface area contributed by atoms with E-state index in [2.05, 4.69) is 11.2 Å². The van der Waals surface area contributed by atoms with Crippen molar-refractivity contribution in [1.29, 1.82) is 0 Å². The van der Waals surface area contributed by atoms with Crippen LogP contribution in [0.5, 0.6) is 0 Å². The van der Waals surface area contributed by atoms with E-state index >= 15 is 0 Å². The minimum atomic E-state index is -1.21. The van der Waals surface area contributed by atoms with E-state index in [4.69, 9.17) is 16.3 Å². The van der Waals surface area contributed by atoms with Crippen LogP contribution in [0.4, 0.5) is 0 Å². The number of aliphatic carboxylic acids is 1. The van der Waals surface area contributed by atoms with Crippen molar-refractivity contribution >= 4 is 17.8 Å². The molecule has 0 rings (SSSR count). The molecule has 0 saturated heterocycles. The van der Waals surface area contributed by atoms with Crippen LogP contribution in [0.1, 0.15) is 40.0 Å². The molecule has 0 saturated carbocycles. The number of terminal acetylenes is 1. The summed E-state index contributed by atoms with van der Waals surface area (Å²) in [7, 11) is 0. The van der Waals surface area contributed by atoms with Crippen LogP contribution in [0.25, 0.3) is 0 Å². The molecule has 0 aliphatic rings. The number of carbonyl (C=O) groups excluding carboxylic acids is 2. The van der Waals surface area contributed by atoms with Crippen LogP contribution >= 0.6 is 0 Å². The first-order valence-corrected chi connectivity index (χ1v) is 5.83. The molecule has 2 N–H and O–H groups in total. The van der Waals surface area contributed by atoms with Crippen molar-refractivity contribution in [2.24, 2.45) is 0 Å². The summed E-state index contributed by atoms with van der Waals surface area (Å²) in [5.41, 5.74) is -0.622. The molecular formula is C13H19NO5. The third kappa shape index (κ3) is 8.66. The van der Waals surface area contributed by atoms with Gasteiger partial charge in [-0.1, -0.05) is 5.92 Å². The van der Waals surface area contributed by atoms with Crippen molar-refractivity contribution in [2.75, 3.05) is 0 Å². The summed E-state index contributed by atoms with van der Waals surface area (Å²) in [6, 6.07) is -1.15. The molecule has 1 amide bonds. The molecule has 1 atom stereocenters. The highest BCUT2D eigenvalue weighted by Gasteiger charge is 2.22. The van der Waals surface area contributed by atoms with Crippen LogP contribution in [-0.2, 0) is 19.1 Å². The van der Waals surface area contributed by atoms with Gasteiger partial charge in [0.1, 0.15) is 11.6 Å². The maximum absolute atomic E-state index is 11.4. The number of esters is 1. The van der Waals surface area contributed by atoms with Crippen molar-refractivity contribution in [1.82, 2.24) is 5.32 Å². The summed E-state index contributed by atoms with van der Waals surface area (Å²) < 4.78 is 5.04. The Labute approximate surface area is 112 Å². The molecule has 0 aromatic heterocycles. The number of amides is 1. The van der Waals surface area contributed by atoms with Gasteiger partial charge in [-0.2, -0.15) is 0 Å². The van der Waals surface area contributed by atoms with Crippen molar-refractivity contribution in [3.05, 3.63) is 0 Å². The van der Waals surface area contributed by atoms with Gasteiger partial charge in [-0.05, 0) is 27.2 Å². The summed E-state index contributed by atoms with van der Waals surface area (Å²) in [5, 5.41) is 11.2. The molecule has 0 fully saturated rings. The zero-order valence-electron chi connectivity index (χ0n) is 11.4. The Bertz CT molecular complexity index is 389. The van der Waals surface area contributed by atoms with Gasteiger partial charge in [-0.25, -0.2) is 4.79 Å². The number of carbonyl (C=O) groups is 3. The standard InChI is InChI=1S/C13H19NO5/c1-5-6-10(15)14-9(12(17)18)7-8-11(16)19-13(2,3)4/h1,9H,6-8H2,2-4H3,(H,14,15)(H,17,18)/t9-/m1/s1. The van der Waals surface area contributed by atoms with Gasteiger partial charge in [0.2, 0.25) is 5.91 Å². The van der Waals surface area contributed by atoms with Crippen LogP contribution in [0.2, 0.25) is 0 Å². The molecule has 6 heteroatoms. The Hall–Kier alpha value is -2.03. The van der Waals surface area contributed by atoms with Crippen LogP contribution in [0.3, 0.4) is 0 Å². The number of hydrogen-bond acceptors (Lipinski definition) is 4. The number of nitrogens with one attached hydrogen (secondary N) is 1. The van der Waals surface area contributed by atoms with Gasteiger partial charge < -0.3 is 15.2 Å². The van der Waals surface area contributed by atoms with Gasteiger partial charge in [0.25, 0.3) is 0 Å². The fourth-order valence-corrected chi connectivity index (χ4v) is 1.25. The molecule has 0 bridgehead atoms. The minimum Gasteiger partial charge on any atom is -0.480 e. The number of ether oxygens (including phenoxy) is 1. The Morgan fingerprint density at radius 1 is 1.37 bits per heavy atom. The van der Waals surface area contributed by atoms with E-state index in [0.29, 0.717) is 0 Å². The first-order valence-electron chi connectivity index (χ1n) is 5.83. The highest BCUT2D eigenvalue weighted by Crippen LogP contribution is 2.10. The van der Waals surface area contributed by atoms with E-state index in [1.54, 1.807) is 20.8 Å². The van der Waals surface area contributed by atoms with E-state index in [-0.39, 0.29) is 19.3 Å². The quantitative estimate of drug-likeness (QED) is 0.547. The largest absolute Gasteiger partial charge is 0.480 e. The predicted molar refractivity (Wildman–Crippen MR) is 68.1 cm³/mol. The van der Waals surface area contributed by atoms with E-state index in [1.807, 2.05) is 0 Å². The van der Waals surface area contributed by atoms with Gasteiger partial charge in [0.15, 0.2) is 0 Å². The Kier molecular flexibility index (Phi) is 6.62. The highest BCUT2D eigenvalue weighted by molar-refractivity contribution is 5.85. The summed E-state index contributed by atoms with van der Waals surface area (Å²) >= 11 is 0. The van der Waals surface area contributed by atoms with Gasteiger partial charge in [0.05, 0.1) is 6.42 Å². The van der Waals surface area contributed by atoms with Crippen LogP contribution in [0.15, 0.2) is 0 Å². The first kappa shape index (κ1) is 17.0. The molecule has 0 aromatic rings. The number of carboxylic acids is 1. The molecule has 0 aromatic carbocycles. The van der Waals surface area contributed by atoms with Gasteiger partial charge in [0, 0.05) is 6.42 Å². The second-order valence-corrected chi connectivity index (χ2v) is 4.96. The van der Waals surface area contributed by atoms with Gasteiger partial charge in [-0.3, -0.25) is 9.59 Å². The van der Waals surface area contributed by atoms with E-state index in [1.165, 1.54) is 0 Å². The summed E-state index contributed by atoms with van der Waals surface area (Å²) in [4.78, 5) is 33.6. The zero-order valence-corrected chi connectivity index (χ0v) is 11.4. The van der Waals surface area contributed by atoms with E-state index < -0.39 is 29.5 Å². The average molecular weight is 269 g/mol. The van der Waals surface area contributed by atoms with Crippen LogP contribution < -0.4 is 5.32 Å². The summed E-state index contributed by atoms with van der Waals surface area (Å²) in [6.07, 6.45) is 4.61. The fourth-order valence-electron chi connectivity index (χ4n) is 1.25. The fraction of sp³-hybridized carbons (Fsp3) is 0.615. The first-order chi connectivity index (χ1) is 8.65. The number of carboxylic acid groups (broad SMARTS) is 1. The van der Waals surface area contributed by atoms with Crippen molar-refractivity contribution in [3.8, 4) is 12.3 Å². The molecule has 0 unspecified atom stereocenters. The molecule has 19 heavy (non-hydrogen) atoms. The smallest absolute Gasteiger partial charge is 0.326 e. The van der Waals surface area contributed by atoms with Crippen molar-refractivity contribution in [3.63, 3.8) is 0 Å².